The molecule has 1 heterocycles. The second-order valence-electron chi connectivity index (χ2n) is 5.52. The van der Waals surface area contributed by atoms with Crippen LogP contribution in [0.4, 0.5) is 5.69 Å². The fourth-order valence-corrected chi connectivity index (χ4v) is 2.18. The zero-order valence-corrected chi connectivity index (χ0v) is 13.6. The number of furan rings is 1. The first-order valence-corrected chi connectivity index (χ1v) is 7.55. The average molecular weight is 315 g/mol. The lowest BCUT2D eigenvalue weighted by Crippen LogP contribution is -2.30. The summed E-state index contributed by atoms with van der Waals surface area (Å²) >= 11 is 0. The SMILES string of the molecule is Cc1ccc(NC(=O)[C@H](C)OC(=O)CCc2ccco2)c(C)c1. The summed E-state index contributed by atoms with van der Waals surface area (Å²) in [6.45, 7) is 5.47. The summed E-state index contributed by atoms with van der Waals surface area (Å²) in [6, 6.07) is 9.30. The van der Waals surface area contributed by atoms with Gasteiger partial charge >= 0.3 is 5.97 Å². The van der Waals surface area contributed by atoms with Crippen molar-refractivity contribution in [3.63, 3.8) is 0 Å². The molecule has 0 unspecified atom stereocenters. The molecule has 2 rings (SSSR count). The zero-order chi connectivity index (χ0) is 16.8. The Morgan fingerprint density at radius 3 is 2.70 bits per heavy atom. The van der Waals surface area contributed by atoms with Crippen LogP contribution in [0, 0.1) is 13.8 Å². The molecule has 23 heavy (non-hydrogen) atoms. The number of hydrogen-bond donors (Lipinski definition) is 1. The van der Waals surface area contributed by atoms with Crippen molar-refractivity contribution in [2.45, 2.75) is 39.7 Å². The van der Waals surface area contributed by atoms with Gasteiger partial charge in [-0.25, -0.2) is 0 Å². The summed E-state index contributed by atoms with van der Waals surface area (Å²) in [6.07, 6.45) is 1.34. The van der Waals surface area contributed by atoms with Crippen molar-refractivity contribution in [2.75, 3.05) is 5.32 Å². The van der Waals surface area contributed by atoms with Crippen LogP contribution in [0.25, 0.3) is 0 Å². The predicted octanol–water partition coefficient (Wildman–Crippen LogP) is 3.40. The number of benzene rings is 1. The maximum absolute atomic E-state index is 12.1. The standard InChI is InChI=1S/C18H21NO4/c1-12-6-8-16(13(2)11-12)19-18(21)14(3)23-17(20)9-7-15-5-4-10-22-15/h4-6,8,10-11,14H,7,9H2,1-3H3,(H,19,21)/t14-/m0/s1. The summed E-state index contributed by atoms with van der Waals surface area (Å²) in [5.74, 6) is -0.0534. The Morgan fingerprint density at radius 1 is 1.26 bits per heavy atom. The summed E-state index contributed by atoms with van der Waals surface area (Å²) < 4.78 is 10.3. The van der Waals surface area contributed by atoms with E-state index in [1.807, 2.05) is 32.0 Å². The molecule has 0 saturated carbocycles. The Balaban J connectivity index is 1.83. The van der Waals surface area contributed by atoms with Crippen LogP contribution in [-0.4, -0.2) is 18.0 Å². The zero-order valence-electron chi connectivity index (χ0n) is 13.6. The van der Waals surface area contributed by atoms with E-state index in [4.69, 9.17) is 9.15 Å². The molecule has 0 aliphatic carbocycles. The first-order valence-electron chi connectivity index (χ1n) is 7.55. The number of esters is 1. The molecule has 1 amide bonds. The highest BCUT2D eigenvalue weighted by atomic mass is 16.5. The minimum Gasteiger partial charge on any atom is -0.469 e. The van der Waals surface area contributed by atoms with Gasteiger partial charge in [-0.2, -0.15) is 0 Å². The highest BCUT2D eigenvalue weighted by molar-refractivity contribution is 5.95. The smallest absolute Gasteiger partial charge is 0.307 e. The molecule has 0 bridgehead atoms. The summed E-state index contributed by atoms with van der Waals surface area (Å²) in [5.41, 5.74) is 2.81. The molecule has 1 aromatic heterocycles. The van der Waals surface area contributed by atoms with Gasteiger partial charge in [0.1, 0.15) is 5.76 Å². The maximum Gasteiger partial charge on any atom is 0.307 e. The summed E-state index contributed by atoms with van der Waals surface area (Å²) in [5, 5.41) is 2.78. The van der Waals surface area contributed by atoms with Gasteiger partial charge in [0.15, 0.2) is 6.10 Å². The van der Waals surface area contributed by atoms with Crippen molar-refractivity contribution in [1.29, 1.82) is 0 Å². The fraction of sp³-hybridized carbons (Fsp3) is 0.333. The number of rotatable bonds is 6. The first kappa shape index (κ1) is 16.8. The van der Waals surface area contributed by atoms with Gasteiger partial charge in [0.05, 0.1) is 12.7 Å². The van der Waals surface area contributed by atoms with E-state index in [0.29, 0.717) is 12.2 Å². The van der Waals surface area contributed by atoms with Crippen LogP contribution in [-0.2, 0) is 20.7 Å². The van der Waals surface area contributed by atoms with E-state index in [2.05, 4.69) is 5.32 Å². The third kappa shape index (κ3) is 4.98. The van der Waals surface area contributed by atoms with Crippen LogP contribution in [0.15, 0.2) is 41.0 Å². The van der Waals surface area contributed by atoms with Gasteiger partial charge in [0, 0.05) is 12.1 Å². The second kappa shape index (κ2) is 7.63. The molecule has 5 heteroatoms. The van der Waals surface area contributed by atoms with Crippen LogP contribution in [0.1, 0.15) is 30.2 Å². The van der Waals surface area contributed by atoms with Gasteiger partial charge in [0.25, 0.3) is 5.91 Å². The van der Waals surface area contributed by atoms with Crippen LogP contribution in [0.3, 0.4) is 0 Å². The first-order chi connectivity index (χ1) is 11.0. The number of ether oxygens (including phenoxy) is 1. The predicted molar refractivity (Wildman–Crippen MR) is 87.1 cm³/mol. The number of anilines is 1. The highest BCUT2D eigenvalue weighted by Crippen LogP contribution is 2.16. The molecular weight excluding hydrogens is 294 g/mol. The Bertz CT molecular complexity index is 676. The van der Waals surface area contributed by atoms with Crippen molar-refractivity contribution in [2.24, 2.45) is 0 Å². The Labute approximate surface area is 135 Å². The van der Waals surface area contributed by atoms with Crippen molar-refractivity contribution in [1.82, 2.24) is 0 Å². The topological polar surface area (TPSA) is 68.5 Å². The van der Waals surface area contributed by atoms with Crippen LogP contribution >= 0.6 is 0 Å². The normalized spacial score (nSPS) is 11.8. The molecule has 122 valence electrons. The Hall–Kier alpha value is -2.56. The molecule has 0 aliphatic rings. The van der Waals surface area contributed by atoms with Gasteiger partial charge in [-0.05, 0) is 44.5 Å². The minimum atomic E-state index is -0.847. The van der Waals surface area contributed by atoms with Gasteiger partial charge < -0.3 is 14.5 Å². The monoisotopic (exact) mass is 315 g/mol. The lowest BCUT2D eigenvalue weighted by Gasteiger charge is -2.15. The van der Waals surface area contributed by atoms with E-state index < -0.39 is 12.1 Å². The highest BCUT2D eigenvalue weighted by Gasteiger charge is 2.18. The molecule has 2 aromatic rings. The van der Waals surface area contributed by atoms with Crippen molar-refractivity contribution < 1.29 is 18.7 Å². The second-order valence-corrected chi connectivity index (χ2v) is 5.52. The minimum absolute atomic E-state index is 0.175. The molecule has 1 N–H and O–H groups in total. The number of hydrogen-bond acceptors (Lipinski definition) is 4. The number of amides is 1. The summed E-state index contributed by atoms with van der Waals surface area (Å²) in [4.78, 5) is 23.9. The lowest BCUT2D eigenvalue weighted by atomic mass is 10.1. The van der Waals surface area contributed by atoms with E-state index >= 15 is 0 Å². The van der Waals surface area contributed by atoms with E-state index in [-0.39, 0.29) is 12.3 Å². The Kier molecular flexibility index (Phi) is 5.57. The average Bonchev–Trinajstić information content (AvgIpc) is 3.01. The molecule has 1 atom stereocenters. The van der Waals surface area contributed by atoms with Crippen LogP contribution in [0.2, 0.25) is 0 Å². The molecule has 1 aromatic carbocycles. The van der Waals surface area contributed by atoms with Crippen molar-refractivity contribution in [3.8, 4) is 0 Å². The summed E-state index contributed by atoms with van der Waals surface area (Å²) in [7, 11) is 0. The molecule has 0 spiro atoms. The molecule has 0 aliphatic heterocycles. The molecule has 5 nitrogen and oxygen atoms in total. The maximum atomic E-state index is 12.1. The molecule has 0 fully saturated rings. The lowest BCUT2D eigenvalue weighted by molar-refractivity contribution is -0.153. The Morgan fingerprint density at radius 2 is 2.04 bits per heavy atom. The molecular formula is C18H21NO4. The van der Waals surface area contributed by atoms with Crippen molar-refractivity contribution in [3.05, 3.63) is 53.5 Å². The third-order valence-electron chi connectivity index (χ3n) is 3.47. The van der Waals surface area contributed by atoms with E-state index in [1.165, 1.54) is 0 Å². The van der Waals surface area contributed by atoms with E-state index in [9.17, 15) is 9.59 Å². The van der Waals surface area contributed by atoms with Gasteiger partial charge in [-0.1, -0.05) is 17.7 Å². The molecule has 0 saturated heterocycles. The number of nitrogens with one attached hydrogen (secondary N) is 1. The van der Waals surface area contributed by atoms with E-state index in [0.717, 1.165) is 16.8 Å². The fourth-order valence-electron chi connectivity index (χ4n) is 2.18. The number of carbonyl (C=O) groups is 2. The number of aryl methyl sites for hydroxylation is 3. The number of carbonyl (C=O) groups excluding carboxylic acids is 2. The van der Waals surface area contributed by atoms with Gasteiger partial charge in [-0.3, -0.25) is 9.59 Å². The largest absolute Gasteiger partial charge is 0.469 e. The quantitative estimate of drug-likeness (QED) is 0.830. The van der Waals surface area contributed by atoms with Crippen LogP contribution in [0.5, 0.6) is 0 Å². The van der Waals surface area contributed by atoms with Gasteiger partial charge in [-0.15, -0.1) is 0 Å². The molecule has 0 radical (unpaired) electrons. The van der Waals surface area contributed by atoms with E-state index in [1.54, 1.807) is 25.3 Å². The van der Waals surface area contributed by atoms with Crippen molar-refractivity contribution >= 4 is 17.6 Å². The third-order valence-corrected chi connectivity index (χ3v) is 3.47. The van der Waals surface area contributed by atoms with Crippen LogP contribution < -0.4 is 5.32 Å². The van der Waals surface area contributed by atoms with Gasteiger partial charge in [0.2, 0.25) is 0 Å².